The molecule has 7 heteroatoms. The molecule has 7 nitrogen and oxygen atoms in total. The van der Waals surface area contributed by atoms with Gasteiger partial charge in [-0.25, -0.2) is 0 Å². The zero-order valence-corrected chi connectivity index (χ0v) is 16.1. The molecule has 0 aliphatic heterocycles. The van der Waals surface area contributed by atoms with E-state index in [1.165, 1.54) is 0 Å². The molecular weight excluding hydrogens is 358 g/mol. The molecule has 28 heavy (non-hydrogen) atoms. The molecule has 1 heterocycles. The van der Waals surface area contributed by atoms with Gasteiger partial charge in [0.2, 0.25) is 0 Å². The Morgan fingerprint density at radius 2 is 1.93 bits per heavy atom. The molecule has 0 bridgehead atoms. The average Bonchev–Trinajstić information content (AvgIpc) is 3.22. The van der Waals surface area contributed by atoms with E-state index in [1.54, 1.807) is 26.4 Å². The van der Waals surface area contributed by atoms with Crippen LogP contribution in [-0.2, 0) is 6.54 Å². The van der Waals surface area contributed by atoms with Gasteiger partial charge in [-0.3, -0.25) is 9.89 Å². The van der Waals surface area contributed by atoms with Crippen LogP contribution in [0.5, 0.6) is 17.2 Å². The number of benzene rings is 2. The van der Waals surface area contributed by atoms with E-state index in [2.05, 4.69) is 15.5 Å². The molecule has 2 N–H and O–H groups in total. The smallest absolute Gasteiger partial charge is 0.269 e. The van der Waals surface area contributed by atoms with Gasteiger partial charge in [0.25, 0.3) is 5.91 Å². The van der Waals surface area contributed by atoms with E-state index >= 15 is 0 Å². The summed E-state index contributed by atoms with van der Waals surface area (Å²) in [4.78, 5) is 12.5. The Morgan fingerprint density at radius 1 is 1.07 bits per heavy atom. The van der Waals surface area contributed by atoms with Gasteiger partial charge in [-0.15, -0.1) is 0 Å². The molecule has 0 aliphatic rings. The number of aromatic nitrogens is 2. The summed E-state index contributed by atoms with van der Waals surface area (Å²) in [5.74, 6) is 1.84. The summed E-state index contributed by atoms with van der Waals surface area (Å²) in [6.45, 7) is 2.92. The van der Waals surface area contributed by atoms with Crippen molar-refractivity contribution in [2.24, 2.45) is 0 Å². The minimum atomic E-state index is -0.243. The predicted octanol–water partition coefficient (Wildman–Crippen LogP) is 3.42. The predicted molar refractivity (Wildman–Crippen MR) is 106 cm³/mol. The number of methoxy groups -OCH3 is 2. The molecule has 1 aromatic heterocycles. The highest BCUT2D eigenvalue weighted by Crippen LogP contribution is 2.32. The van der Waals surface area contributed by atoms with Crippen LogP contribution in [-0.4, -0.2) is 36.9 Å². The third-order valence-electron chi connectivity index (χ3n) is 4.17. The van der Waals surface area contributed by atoms with Crippen LogP contribution in [0, 0.1) is 0 Å². The summed E-state index contributed by atoms with van der Waals surface area (Å²) in [6.07, 6.45) is 0. The highest BCUT2D eigenvalue weighted by Gasteiger charge is 2.14. The number of carbonyl (C=O) groups excluding carboxylic acids is 1. The Hall–Kier alpha value is -3.48. The van der Waals surface area contributed by atoms with E-state index in [4.69, 9.17) is 14.2 Å². The normalized spacial score (nSPS) is 10.4. The Morgan fingerprint density at radius 3 is 2.68 bits per heavy atom. The number of nitrogens with one attached hydrogen (secondary N) is 2. The largest absolute Gasteiger partial charge is 0.497 e. The summed E-state index contributed by atoms with van der Waals surface area (Å²) in [6, 6.07) is 14.8. The van der Waals surface area contributed by atoms with Gasteiger partial charge in [0, 0.05) is 18.2 Å². The number of rotatable bonds is 8. The molecule has 3 rings (SSSR count). The quantitative estimate of drug-likeness (QED) is 0.624. The first-order chi connectivity index (χ1) is 13.6. The lowest BCUT2D eigenvalue weighted by Crippen LogP contribution is -2.23. The molecule has 0 saturated heterocycles. The fourth-order valence-corrected chi connectivity index (χ4v) is 2.78. The van der Waals surface area contributed by atoms with Crippen LogP contribution in [0.4, 0.5) is 0 Å². The summed E-state index contributed by atoms with van der Waals surface area (Å²) < 4.78 is 16.1. The number of aromatic amines is 1. The number of nitrogens with zero attached hydrogens (tertiary/aromatic N) is 1. The van der Waals surface area contributed by atoms with Crippen LogP contribution >= 0.6 is 0 Å². The first-order valence-electron chi connectivity index (χ1n) is 8.92. The van der Waals surface area contributed by atoms with Crippen molar-refractivity contribution in [2.45, 2.75) is 13.5 Å². The number of carbonyl (C=O) groups is 1. The molecule has 2 aromatic carbocycles. The lowest BCUT2D eigenvalue weighted by molar-refractivity contribution is 0.0946. The first-order valence-corrected chi connectivity index (χ1v) is 8.92. The maximum absolute atomic E-state index is 12.5. The Balaban J connectivity index is 1.70. The molecule has 0 aliphatic carbocycles. The molecule has 0 atom stereocenters. The van der Waals surface area contributed by atoms with Crippen molar-refractivity contribution in [3.05, 3.63) is 59.8 Å². The molecule has 0 spiro atoms. The fourth-order valence-electron chi connectivity index (χ4n) is 2.78. The van der Waals surface area contributed by atoms with Gasteiger partial charge >= 0.3 is 0 Å². The number of hydrogen-bond donors (Lipinski definition) is 2. The van der Waals surface area contributed by atoms with Gasteiger partial charge in [-0.05, 0) is 42.8 Å². The SMILES string of the molecule is CCOc1cccc(CNC(=O)c2cc(-c3ccc(OC)cc3OC)n[nH]2)c1. The summed E-state index contributed by atoms with van der Waals surface area (Å²) in [7, 11) is 3.17. The van der Waals surface area contributed by atoms with Gasteiger partial charge in [0.1, 0.15) is 22.9 Å². The average molecular weight is 381 g/mol. The molecule has 0 saturated carbocycles. The highest BCUT2D eigenvalue weighted by atomic mass is 16.5. The second-order valence-electron chi connectivity index (χ2n) is 6.00. The van der Waals surface area contributed by atoms with E-state index in [-0.39, 0.29) is 5.91 Å². The molecule has 3 aromatic rings. The lowest BCUT2D eigenvalue weighted by Gasteiger charge is -2.08. The topological polar surface area (TPSA) is 85.5 Å². The fraction of sp³-hybridized carbons (Fsp3) is 0.238. The minimum absolute atomic E-state index is 0.243. The van der Waals surface area contributed by atoms with Crippen molar-refractivity contribution in [2.75, 3.05) is 20.8 Å². The van der Waals surface area contributed by atoms with Gasteiger partial charge in [-0.2, -0.15) is 5.10 Å². The molecule has 0 radical (unpaired) electrons. The summed E-state index contributed by atoms with van der Waals surface area (Å²) in [5.41, 5.74) is 2.70. The summed E-state index contributed by atoms with van der Waals surface area (Å²) in [5, 5.41) is 9.90. The van der Waals surface area contributed by atoms with Gasteiger partial charge < -0.3 is 19.5 Å². The monoisotopic (exact) mass is 381 g/mol. The van der Waals surface area contributed by atoms with E-state index in [1.807, 2.05) is 43.3 Å². The molecular formula is C21H23N3O4. The maximum atomic E-state index is 12.5. The van der Waals surface area contributed by atoms with E-state index < -0.39 is 0 Å². The van der Waals surface area contributed by atoms with Crippen molar-refractivity contribution < 1.29 is 19.0 Å². The van der Waals surface area contributed by atoms with Crippen LogP contribution in [0.1, 0.15) is 23.0 Å². The van der Waals surface area contributed by atoms with Gasteiger partial charge in [-0.1, -0.05) is 12.1 Å². The summed E-state index contributed by atoms with van der Waals surface area (Å²) >= 11 is 0. The lowest BCUT2D eigenvalue weighted by atomic mass is 10.1. The van der Waals surface area contributed by atoms with Crippen molar-refractivity contribution in [3.8, 4) is 28.5 Å². The molecule has 146 valence electrons. The molecule has 0 unspecified atom stereocenters. The second-order valence-corrected chi connectivity index (χ2v) is 6.00. The van der Waals surface area contributed by atoms with Gasteiger partial charge in [0.15, 0.2) is 0 Å². The third-order valence-corrected chi connectivity index (χ3v) is 4.17. The van der Waals surface area contributed by atoms with E-state index in [9.17, 15) is 4.79 Å². The highest BCUT2D eigenvalue weighted by molar-refractivity contribution is 5.93. The number of hydrogen-bond acceptors (Lipinski definition) is 5. The third kappa shape index (κ3) is 4.43. The van der Waals surface area contributed by atoms with Crippen LogP contribution in [0.2, 0.25) is 0 Å². The zero-order chi connectivity index (χ0) is 19.9. The Bertz CT molecular complexity index is 952. The van der Waals surface area contributed by atoms with Crippen molar-refractivity contribution in [1.82, 2.24) is 15.5 Å². The van der Waals surface area contributed by atoms with Crippen molar-refractivity contribution in [1.29, 1.82) is 0 Å². The number of amides is 1. The number of H-pyrrole nitrogens is 1. The van der Waals surface area contributed by atoms with E-state index in [0.29, 0.717) is 36.0 Å². The van der Waals surface area contributed by atoms with Crippen LogP contribution in [0.15, 0.2) is 48.5 Å². The first kappa shape index (κ1) is 19.3. The Labute approximate surface area is 163 Å². The van der Waals surface area contributed by atoms with Crippen LogP contribution < -0.4 is 19.5 Å². The van der Waals surface area contributed by atoms with Crippen molar-refractivity contribution in [3.63, 3.8) is 0 Å². The minimum Gasteiger partial charge on any atom is -0.497 e. The van der Waals surface area contributed by atoms with E-state index in [0.717, 1.165) is 16.9 Å². The maximum Gasteiger partial charge on any atom is 0.269 e. The van der Waals surface area contributed by atoms with Crippen LogP contribution in [0.3, 0.4) is 0 Å². The number of ether oxygens (including phenoxy) is 3. The van der Waals surface area contributed by atoms with Crippen LogP contribution in [0.25, 0.3) is 11.3 Å². The zero-order valence-electron chi connectivity index (χ0n) is 16.1. The van der Waals surface area contributed by atoms with Gasteiger partial charge in [0.05, 0.1) is 26.5 Å². The molecule has 0 fully saturated rings. The molecule has 1 amide bonds. The standard InChI is InChI=1S/C21H23N3O4/c1-4-28-16-7-5-6-14(10-16)13-22-21(25)19-12-18(23-24-19)17-9-8-15(26-2)11-20(17)27-3/h5-12H,4,13H2,1-3H3,(H,22,25)(H,23,24). The van der Waals surface area contributed by atoms with Crippen molar-refractivity contribution >= 4 is 5.91 Å². The Kier molecular flexibility index (Phi) is 6.16. The second kappa shape index (κ2) is 8.94.